The topological polar surface area (TPSA) is 91.0 Å². The van der Waals surface area contributed by atoms with Crippen molar-refractivity contribution in [2.45, 2.75) is 0 Å². The van der Waals surface area contributed by atoms with Crippen molar-refractivity contribution >= 4 is 58.3 Å². The zero-order valence-electron chi connectivity index (χ0n) is 9.79. The molecule has 0 saturated heterocycles. The molecule has 0 unspecified atom stereocenters. The highest BCUT2D eigenvalue weighted by molar-refractivity contribution is 6.50. The second-order valence-electron chi connectivity index (χ2n) is 3.30. The third-order valence-corrected chi connectivity index (χ3v) is 3.75. The third-order valence-electron chi connectivity index (χ3n) is 2.04. The highest BCUT2D eigenvalue weighted by Crippen LogP contribution is 2.40. The van der Waals surface area contributed by atoms with Crippen LogP contribution in [0.15, 0.2) is 12.2 Å². The van der Waals surface area contributed by atoms with E-state index in [0.29, 0.717) is 0 Å². The summed E-state index contributed by atoms with van der Waals surface area (Å²) in [4.78, 5) is 19.8. The Balaban J connectivity index is 0.000000262. The van der Waals surface area contributed by atoms with E-state index in [2.05, 4.69) is 4.74 Å². The van der Waals surface area contributed by atoms with Crippen molar-refractivity contribution in [3.05, 3.63) is 43.4 Å². The number of halogens is 4. The van der Waals surface area contributed by atoms with Gasteiger partial charge in [-0.25, -0.2) is 9.59 Å². The molecule has 1 heterocycles. The number of esters is 2. The first-order valence-corrected chi connectivity index (χ1v) is 6.44. The van der Waals surface area contributed by atoms with Crippen LogP contribution in [0.25, 0.3) is 0 Å². The summed E-state index contributed by atoms with van der Waals surface area (Å²) in [6, 6.07) is 3.50. The molecular formula is C12H2Cl4N2O3. The maximum Gasteiger partial charge on any atom is 0.338 e. The summed E-state index contributed by atoms with van der Waals surface area (Å²) in [7, 11) is 0. The van der Waals surface area contributed by atoms with Gasteiger partial charge in [0.15, 0.2) is 0 Å². The highest BCUT2D eigenvalue weighted by Gasteiger charge is 2.19. The molecule has 106 valence electrons. The molecule has 0 aromatic heterocycles. The number of cyclic esters (lactones) is 2. The largest absolute Gasteiger partial charge is 0.387 e. The molecule has 0 bridgehead atoms. The second-order valence-corrected chi connectivity index (χ2v) is 4.81. The van der Waals surface area contributed by atoms with Crippen molar-refractivity contribution in [2.24, 2.45) is 0 Å². The summed E-state index contributed by atoms with van der Waals surface area (Å²) in [5, 5.41) is 17.2. The van der Waals surface area contributed by atoms with Crippen LogP contribution < -0.4 is 0 Å². The minimum Gasteiger partial charge on any atom is -0.387 e. The van der Waals surface area contributed by atoms with Crippen LogP contribution in [0.5, 0.6) is 0 Å². The summed E-state index contributed by atoms with van der Waals surface area (Å²) in [6.07, 6.45) is 2.17. The molecule has 5 nitrogen and oxygen atoms in total. The Labute approximate surface area is 138 Å². The molecule has 0 spiro atoms. The number of ether oxygens (including phenoxy) is 1. The molecule has 0 aliphatic carbocycles. The number of carbonyl (C=O) groups is 2. The number of hydrogen-bond donors (Lipinski definition) is 0. The second kappa shape index (κ2) is 7.31. The summed E-state index contributed by atoms with van der Waals surface area (Å²) >= 11 is 22.8. The summed E-state index contributed by atoms with van der Waals surface area (Å²) in [5.74, 6) is -1.16. The van der Waals surface area contributed by atoms with Crippen LogP contribution in [-0.4, -0.2) is 11.9 Å². The zero-order valence-corrected chi connectivity index (χ0v) is 12.8. The van der Waals surface area contributed by atoms with Crippen LogP contribution >= 0.6 is 46.4 Å². The average molecular weight is 364 g/mol. The lowest BCUT2D eigenvalue weighted by Gasteiger charge is -2.05. The van der Waals surface area contributed by atoms with Gasteiger partial charge in [-0.2, -0.15) is 10.5 Å². The summed E-state index contributed by atoms with van der Waals surface area (Å²) in [5.41, 5.74) is -0.0847. The van der Waals surface area contributed by atoms with Gasteiger partial charge in [0.1, 0.15) is 12.1 Å². The highest BCUT2D eigenvalue weighted by atomic mass is 35.5. The lowest BCUT2D eigenvalue weighted by Crippen LogP contribution is -1.96. The fourth-order valence-corrected chi connectivity index (χ4v) is 2.20. The van der Waals surface area contributed by atoms with E-state index >= 15 is 0 Å². The SMILES string of the molecule is N#Cc1c(Cl)c(Cl)c(Cl)c(C#N)c1Cl.O=C1C=CC(=O)O1. The number of nitriles is 2. The van der Waals surface area contributed by atoms with Gasteiger partial charge in [0.2, 0.25) is 0 Å². The number of benzene rings is 1. The van der Waals surface area contributed by atoms with Crippen molar-refractivity contribution in [1.82, 2.24) is 0 Å². The van der Waals surface area contributed by atoms with Crippen LogP contribution in [-0.2, 0) is 14.3 Å². The van der Waals surface area contributed by atoms with E-state index in [1.165, 1.54) is 0 Å². The third kappa shape index (κ3) is 3.87. The van der Waals surface area contributed by atoms with Gasteiger partial charge in [0.25, 0.3) is 0 Å². The Morgan fingerprint density at radius 1 is 0.762 bits per heavy atom. The smallest absolute Gasteiger partial charge is 0.338 e. The molecule has 0 atom stereocenters. The number of nitrogens with zero attached hydrogens (tertiary/aromatic N) is 2. The molecule has 0 fully saturated rings. The molecule has 0 saturated carbocycles. The zero-order chi connectivity index (χ0) is 16.2. The standard InChI is InChI=1S/C8Cl4N2.C4H2O3/c9-5-3(1-13)6(10)8(12)7(11)4(5)2-14;5-3-1-2-4(6)7-3/h;1-2H. The number of carbonyl (C=O) groups excluding carboxylic acids is 2. The van der Waals surface area contributed by atoms with Crippen molar-refractivity contribution < 1.29 is 14.3 Å². The van der Waals surface area contributed by atoms with E-state index in [4.69, 9.17) is 56.9 Å². The fraction of sp³-hybridized carbons (Fsp3) is 0. The van der Waals surface area contributed by atoms with Gasteiger partial charge in [-0.1, -0.05) is 46.4 Å². The molecule has 1 aliphatic heterocycles. The van der Waals surface area contributed by atoms with Gasteiger partial charge in [0.05, 0.1) is 31.2 Å². The minimum atomic E-state index is -0.579. The van der Waals surface area contributed by atoms with Gasteiger partial charge < -0.3 is 4.74 Å². The minimum absolute atomic E-state index is 0.0363. The van der Waals surface area contributed by atoms with Crippen LogP contribution in [0.1, 0.15) is 11.1 Å². The molecule has 0 N–H and O–H groups in total. The molecule has 0 amide bonds. The first-order chi connectivity index (χ1) is 9.83. The molecule has 1 aliphatic rings. The van der Waals surface area contributed by atoms with Crippen molar-refractivity contribution in [3.8, 4) is 12.1 Å². The first-order valence-electron chi connectivity index (χ1n) is 4.93. The maximum atomic E-state index is 9.92. The first kappa shape index (κ1) is 17.3. The Bertz CT molecular complexity index is 687. The predicted molar refractivity (Wildman–Crippen MR) is 76.2 cm³/mol. The van der Waals surface area contributed by atoms with E-state index in [0.717, 1.165) is 12.2 Å². The van der Waals surface area contributed by atoms with Gasteiger partial charge >= 0.3 is 11.9 Å². The van der Waals surface area contributed by atoms with Crippen molar-refractivity contribution in [1.29, 1.82) is 10.5 Å². The normalized spacial score (nSPS) is 12.1. The quantitative estimate of drug-likeness (QED) is 0.303. The van der Waals surface area contributed by atoms with Crippen molar-refractivity contribution in [2.75, 3.05) is 0 Å². The lowest BCUT2D eigenvalue weighted by atomic mass is 10.1. The molecule has 1 aromatic rings. The number of hydrogen-bond acceptors (Lipinski definition) is 5. The lowest BCUT2D eigenvalue weighted by molar-refractivity contribution is -0.150. The summed E-state index contributed by atoms with van der Waals surface area (Å²) < 4.78 is 3.97. The molecule has 9 heteroatoms. The molecule has 21 heavy (non-hydrogen) atoms. The molecular weight excluding hydrogens is 362 g/mol. The number of rotatable bonds is 0. The van der Waals surface area contributed by atoms with Crippen LogP contribution in [0.4, 0.5) is 0 Å². The fourth-order valence-electron chi connectivity index (χ4n) is 1.13. The van der Waals surface area contributed by atoms with Crippen LogP contribution in [0.3, 0.4) is 0 Å². The monoisotopic (exact) mass is 362 g/mol. The molecule has 1 aromatic carbocycles. The van der Waals surface area contributed by atoms with Crippen LogP contribution in [0.2, 0.25) is 20.1 Å². The Hall–Kier alpha value is -1.76. The van der Waals surface area contributed by atoms with Gasteiger partial charge in [-0.15, -0.1) is 0 Å². The maximum absolute atomic E-state index is 9.92. The Kier molecular flexibility index (Phi) is 6.02. The van der Waals surface area contributed by atoms with Gasteiger partial charge in [-0.05, 0) is 0 Å². The summed E-state index contributed by atoms with van der Waals surface area (Å²) in [6.45, 7) is 0. The van der Waals surface area contributed by atoms with Gasteiger partial charge in [0, 0.05) is 12.2 Å². The van der Waals surface area contributed by atoms with E-state index < -0.39 is 11.9 Å². The predicted octanol–water partition coefficient (Wildman–Crippen LogP) is 3.67. The van der Waals surface area contributed by atoms with Crippen molar-refractivity contribution in [3.63, 3.8) is 0 Å². The Morgan fingerprint density at radius 2 is 1.14 bits per heavy atom. The van der Waals surface area contributed by atoms with E-state index in [1.807, 2.05) is 0 Å². The Morgan fingerprint density at radius 3 is 1.38 bits per heavy atom. The van der Waals surface area contributed by atoms with Crippen LogP contribution in [0, 0.1) is 22.7 Å². The molecule has 2 rings (SSSR count). The van der Waals surface area contributed by atoms with E-state index in [9.17, 15) is 9.59 Å². The van der Waals surface area contributed by atoms with Gasteiger partial charge in [-0.3, -0.25) is 0 Å². The molecule has 0 radical (unpaired) electrons. The average Bonchev–Trinajstić information content (AvgIpc) is 2.82. The van der Waals surface area contributed by atoms with E-state index in [1.54, 1.807) is 12.1 Å². The van der Waals surface area contributed by atoms with E-state index in [-0.39, 0.29) is 31.2 Å².